The van der Waals surface area contributed by atoms with E-state index in [1.807, 2.05) is 19.3 Å². The molecule has 0 saturated carbocycles. The summed E-state index contributed by atoms with van der Waals surface area (Å²) >= 11 is 0. The maximum Gasteiger partial charge on any atom is 0.255 e. The van der Waals surface area contributed by atoms with Crippen molar-refractivity contribution in [1.29, 1.82) is 0 Å². The molecule has 0 N–H and O–H groups in total. The van der Waals surface area contributed by atoms with Crippen LogP contribution in [0.15, 0.2) is 29.3 Å². The molecule has 2 saturated heterocycles. The summed E-state index contributed by atoms with van der Waals surface area (Å²) in [6.07, 6.45) is 11.5. The number of aromatic nitrogens is 3. The molecule has 2 aromatic rings. The number of nitrogens with zero attached hydrogens (tertiary/aromatic N) is 5. The first-order valence-electron chi connectivity index (χ1n) is 11.7. The number of fused-ring (bicyclic) bond motifs is 4. The van der Waals surface area contributed by atoms with Crippen LogP contribution in [0.25, 0.3) is 0 Å². The molecule has 2 fully saturated rings. The first-order valence-corrected chi connectivity index (χ1v) is 11.7. The fraction of sp³-hybridized carbons (Fsp3) is 0.625. The molecule has 0 aliphatic carbocycles. The molecule has 3 aliphatic rings. The van der Waals surface area contributed by atoms with Crippen LogP contribution >= 0.6 is 0 Å². The van der Waals surface area contributed by atoms with Crippen molar-refractivity contribution in [2.75, 3.05) is 31.1 Å². The molecule has 5 rings (SSSR count). The molecule has 0 amide bonds. The molecule has 5 heterocycles. The molecule has 0 aromatic carbocycles. The third-order valence-electron chi connectivity index (χ3n) is 7.08. The summed E-state index contributed by atoms with van der Waals surface area (Å²) in [6, 6.07) is 4.33. The smallest absolute Gasteiger partial charge is 0.255 e. The maximum absolute atomic E-state index is 13.4. The van der Waals surface area contributed by atoms with Gasteiger partial charge in [0.2, 0.25) is 5.95 Å². The van der Waals surface area contributed by atoms with Gasteiger partial charge in [-0.2, -0.15) is 0 Å². The zero-order chi connectivity index (χ0) is 20.5. The highest BCUT2D eigenvalue weighted by Crippen LogP contribution is 2.36. The topological polar surface area (TPSA) is 54.3 Å². The van der Waals surface area contributed by atoms with Gasteiger partial charge in [0.05, 0.1) is 0 Å². The van der Waals surface area contributed by atoms with Crippen molar-refractivity contribution in [3.05, 3.63) is 51.7 Å². The van der Waals surface area contributed by atoms with Crippen molar-refractivity contribution < 1.29 is 0 Å². The van der Waals surface area contributed by atoms with Gasteiger partial charge in [-0.15, -0.1) is 0 Å². The molecule has 0 spiro atoms. The van der Waals surface area contributed by atoms with E-state index in [-0.39, 0.29) is 5.56 Å². The summed E-state index contributed by atoms with van der Waals surface area (Å²) in [7, 11) is 0. The van der Waals surface area contributed by atoms with Crippen LogP contribution in [0.4, 0.5) is 5.95 Å². The summed E-state index contributed by atoms with van der Waals surface area (Å²) in [6.45, 7) is 7.71. The van der Waals surface area contributed by atoms with Gasteiger partial charge in [-0.25, -0.2) is 9.97 Å². The zero-order valence-electron chi connectivity index (χ0n) is 18.1. The number of anilines is 1. The Bertz CT molecular complexity index is 930. The lowest BCUT2D eigenvalue weighted by Gasteiger charge is -2.43. The van der Waals surface area contributed by atoms with E-state index in [9.17, 15) is 4.79 Å². The molecule has 0 unspecified atom stereocenters. The Hall–Kier alpha value is -2.21. The van der Waals surface area contributed by atoms with Gasteiger partial charge in [0.1, 0.15) is 0 Å². The van der Waals surface area contributed by atoms with E-state index in [0.717, 1.165) is 62.8 Å². The van der Waals surface area contributed by atoms with Crippen LogP contribution < -0.4 is 10.5 Å². The van der Waals surface area contributed by atoms with E-state index < -0.39 is 0 Å². The van der Waals surface area contributed by atoms with Gasteiger partial charge in [-0.1, -0.05) is 25.3 Å². The van der Waals surface area contributed by atoms with Crippen LogP contribution in [0.5, 0.6) is 0 Å². The third-order valence-corrected chi connectivity index (χ3v) is 7.08. The van der Waals surface area contributed by atoms with Crippen LogP contribution in [0.1, 0.15) is 61.3 Å². The molecule has 0 radical (unpaired) electrons. The van der Waals surface area contributed by atoms with Crippen molar-refractivity contribution >= 4 is 5.95 Å². The second-order valence-corrected chi connectivity index (χ2v) is 9.51. The number of rotatable bonds is 3. The molecule has 30 heavy (non-hydrogen) atoms. The summed E-state index contributed by atoms with van der Waals surface area (Å²) in [4.78, 5) is 27.2. The van der Waals surface area contributed by atoms with Crippen LogP contribution in [0.3, 0.4) is 0 Å². The second-order valence-electron chi connectivity index (χ2n) is 9.51. The highest BCUT2D eigenvalue weighted by Gasteiger charge is 2.35. The Kier molecular flexibility index (Phi) is 5.59. The highest BCUT2D eigenvalue weighted by molar-refractivity contribution is 5.34. The standard InChI is InChI=1S/C24H33N5O/c1-18-12-25-24(26-13-18)28-14-19-11-21(17-28)22-8-7-20(23(30)29(22)15-19)16-27-9-5-3-2-4-6-10-27/h7-8,12-13,19,21H,2-6,9-11,14-17H2,1H3/t19-,21+/m0/s1. The summed E-state index contributed by atoms with van der Waals surface area (Å²) in [5.41, 5.74) is 3.49. The Morgan fingerprint density at radius 2 is 1.70 bits per heavy atom. The lowest BCUT2D eigenvalue weighted by molar-refractivity contribution is 0.236. The number of pyridine rings is 1. The summed E-state index contributed by atoms with van der Waals surface area (Å²) in [5, 5.41) is 0. The minimum Gasteiger partial charge on any atom is -0.340 e. The van der Waals surface area contributed by atoms with E-state index >= 15 is 0 Å². The molecular formula is C24H33N5O. The second kappa shape index (κ2) is 8.50. The quantitative estimate of drug-likeness (QED) is 0.781. The Labute approximate surface area is 178 Å². The molecule has 6 nitrogen and oxygen atoms in total. The first-order chi connectivity index (χ1) is 14.7. The van der Waals surface area contributed by atoms with E-state index in [2.05, 4.69) is 36.5 Å². The molecule has 2 bridgehead atoms. The summed E-state index contributed by atoms with van der Waals surface area (Å²) in [5.74, 6) is 1.68. The van der Waals surface area contributed by atoms with Gasteiger partial charge >= 0.3 is 0 Å². The zero-order valence-corrected chi connectivity index (χ0v) is 18.1. The van der Waals surface area contributed by atoms with Crippen LogP contribution in [-0.2, 0) is 13.1 Å². The Morgan fingerprint density at radius 1 is 0.967 bits per heavy atom. The Balaban J connectivity index is 1.35. The number of likely N-dealkylation sites (tertiary alicyclic amines) is 1. The van der Waals surface area contributed by atoms with Crippen molar-refractivity contribution in [3.63, 3.8) is 0 Å². The average Bonchev–Trinajstić information content (AvgIpc) is 2.72. The fourth-order valence-electron chi connectivity index (χ4n) is 5.54. The first kappa shape index (κ1) is 19.7. The third kappa shape index (κ3) is 4.02. The lowest BCUT2D eigenvalue weighted by atomic mass is 9.83. The van der Waals surface area contributed by atoms with Crippen molar-refractivity contribution in [2.45, 2.75) is 64.5 Å². The maximum atomic E-state index is 13.4. The van der Waals surface area contributed by atoms with E-state index in [0.29, 0.717) is 11.8 Å². The molecule has 6 heteroatoms. The number of piperidine rings is 1. The van der Waals surface area contributed by atoms with Crippen LogP contribution in [0.2, 0.25) is 0 Å². The largest absolute Gasteiger partial charge is 0.340 e. The minimum absolute atomic E-state index is 0.240. The number of aryl methyl sites for hydroxylation is 1. The number of hydrogen-bond donors (Lipinski definition) is 0. The van der Waals surface area contributed by atoms with Gasteiger partial charge in [0, 0.05) is 55.7 Å². The van der Waals surface area contributed by atoms with Crippen molar-refractivity contribution in [3.8, 4) is 0 Å². The van der Waals surface area contributed by atoms with Gasteiger partial charge in [-0.3, -0.25) is 9.69 Å². The van der Waals surface area contributed by atoms with E-state index in [4.69, 9.17) is 0 Å². The van der Waals surface area contributed by atoms with Gasteiger partial charge in [-0.05, 0) is 56.8 Å². The lowest BCUT2D eigenvalue weighted by Crippen LogP contribution is -2.48. The highest BCUT2D eigenvalue weighted by atomic mass is 16.1. The van der Waals surface area contributed by atoms with Gasteiger partial charge in [0.15, 0.2) is 0 Å². The van der Waals surface area contributed by atoms with Crippen molar-refractivity contribution in [2.24, 2.45) is 5.92 Å². The van der Waals surface area contributed by atoms with Crippen LogP contribution in [0, 0.1) is 12.8 Å². The SMILES string of the molecule is Cc1cnc(N2C[C@@H]3C[C@H](C2)c2ccc(CN4CCCCCCC4)c(=O)n2C3)nc1. The molecular weight excluding hydrogens is 374 g/mol. The predicted molar refractivity (Wildman–Crippen MR) is 119 cm³/mol. The van der Waals surface area contributed by atoms with Gasteiger partial charge < -0.3 is 9.47 Å². The normalized spacial score (nSPS) is 24.8. The Morgan fingerprint density at radius 3 is 2.47 bits per heavy atom. The molecule has 2 atom stereocenters. The minimum atomic E-state index is 0.240. The molecule has 3 aliphatic heterocycles. The average molecular weight is 408 g/mol. The monoisotopic (exact) mass is 407 g/mol. The predicted octanol–water partition coefficient (Wildman–Crippen LogP) is 3.34. The van der Waals surface area contributed by atoms with E-state index in [1.165, 1.54) is 37.8 Å². The fourth-order valence-corrected chi connectivity index (χ4v) is 5.54. The van der Waals surface area contributed by atoms with E-state index in [1.54, 1.807) is 0 Å². The van der Waals surface area contributed by atoms with Crippen LogP contribution in [-0.4, -0.2) is 45.6 Å². The van der Waals surface area contributed by atoms with Crippen molar-refractivity contribution in [1.82, 2.24) is 19.4 Å². The summed E-state index contributed by atoms with van der Waals surface area (Å²) < 4.78 is 2.09. The molecule has 2 aromatic heterocycles. The van der Waals surface area contributed by atoms with Gasteiger partial charge in [0.25, 0.3) is 5.56 Å². The molecule has 160 valence electrons. The number of hydrogen-bond acceptors (Lipinski definition) is 5.